The molecule has 9 nitrogen and oxygen atoms in total. The van der Waals surface area contributed by atoms with Gasteiger partial charge in [-0.2, -0.15) is 5.10 Å². The van der Waals surface area contributed by atoms with E-state index in [-0.39, 0.29) is 17.1 Å². The predicted molar refractivity (Wildman–Crippen MR) is 105 cm³/mol. The molecule has 0 atom stereocenters. The van der Waals surface area contributed by atoms with Crippen LogP contribution in [0.5, 0.6) is 5.75 Å². The number of hydrazone groups is 1. The molecular formula is C13H8I2N4O5. The van der Waals surface area contributed by atoms with Crippen molar-refractivity contribution in [3.8, 4) is 5.75 Å². The Balaban J connectivity index is 2.29. The van der Waals surface area contributed by atoms with Crippen LogP contribution in [0.3, 0.4) is 0 Å². The summed E-state index contributed by atoms with van der Waals surface area (Å²) in [6, 6.07) is 6.66. The molecule has 2 aromatic rings. The van der Waals surface area contributed by atoms with E-state index in [4.69, 9.17) is 0 Å². The Hall–Kier alpha value is -2.03. The van der Waals surface area contributed by atoms with Crippen LogP contribution in [0.2, 0.25) is 0 Å². The first kappa shape index (κ1) is 18.3. The summed E-state index contributed by atoms with van der Waals surface area (Å²) in [6.07, 6.45) is 1.31. The molecule has 0 fully saturated rings. The van der Waals surface area contributed by atoms with Gasteiger partial charge in [-0.15, -0.1) is 0 Å². The minimum Gasteiger partial charge on any atom is -0.506 e. The zero-order chi connectivity index (χ0) is 17.9. The maximum Gasteiger partial charge on any atom is 0.301 e. The fourth-order valence-corrected chi connectivity index (χ4v) is 3.62. The van der Waals surface area contributed by atoms with Gasteiger partial charge >= 0.3 is 5.69 Å². The first-order valence-electron chi connectivity index (χ1n) is 6.19. The maximum atomic E-state index is 11.0. The van der Waals surface area contributed by atoms with E-state index < -0.39 is 15.5 Å². The molecule has 24 heavy (non-hydrogen) atoms. The number of nitro benzene ring substituents is 2. The summed E-state index contributed by atoms with van der Waals surface area (Å²) in [6.45, 7) is 0. The van der Waals surface area contributed by atoms with E-state index in [9.17, 15) is 25.3 Å². The van der Waals surface area contributed by atoms with Crippen LogP contribution in [0.25, 0.3) is 0 Å². The summed E-state index contributed by atoms with van der Waals surface area (Å²) in [5.41, 5.74) is 2.04. The molecule has 2 N–H and O–H groups in total. The number of nitro groups is 2. The van der Waals surface area contributed by atoms with E-state index in [0.717, 1.165) is 15.7 Å². The van der Waals surface area contributed by atoms with Crippen molar-refractivity contribution >= 4 is 68.5 Å². The fourth-order valence-electron chi connectivity index (χ4n) is 1.73. The highest BCUT2D eigenvalue weighted by Gasteiger charge is 2.19. The number of hydrogen-bond acceptors (Lipinski definition) is 7. The van der Waals surface area contributed by atoms with Crippen molar-refractivity contribution in [2.75, 3.05) is 5.43 Å². The Labute approximate surface area is 162 Å². The van der Waals surface area contributed by atoms with E-state index in [2.05, 4.69) is 33.1 Å². The van der Waals surface area contributed by atoms with E-state index >= 15 is 0 Å². The molecule has 0 aliphatic heterocycles. The minimum absolute atomic E-state index is 0.00154. The monoisotopic (exact) mass is 554 g/mol. The van der Waals surface area contributed by atoms with Crippen molar-refractivity contribution in [1.29, 1.82) is 0 Å². The average Bonchev–Trinajstić information content (AvgIpc) is 2.51. The van der Waals surface area contributed by atoms with Gasteiger partial charge in [0.25, 0.3) is 5.69 Å². The van der Waals surface area contributed by atoms with Gasteiger partial charge in [0.1, 0.15) is 11.4 Å². The average molecular weight is 554 g/mol. The smallest absolute Gasteiger partial charge is 0.301 e. The third kappa shape index (κ3) is 4.28. The molecule has 0 saturated carbocycles. The SMILES string of the molecule is O=[N+]([O-])c1ccc(N/N=C\c2cc(I)cc(I)c2O)c([N+](=O)[O-])c1. The van der Waals surface area contributed by atoms with Gasteiger partial charge in [-0.1, -0.05) is 0 Å². The summed E-state index contributed by atoms with van der Waals surface area (Å²) in [7, 11) is 0. The van der Waals surface area contributed by atoms with Crippen LogP contribution >= 0.6 is 45.2 Å². The number of benzene rings is 2. The lowest BCUT2D eigenvalue weighted by atomic mass is 10.2. The van der Waals surface area contributed by atoms with Crippen molar-refractivity contribution in [3.63, 3.8) is 0 Å². The summed E-state index contributed by atoms with van der Waals surface area (Å²) < 4.78 is 1.53. The van der Waals surface area contributed by atoms with Crippen LogP contribution < -0.4 is 5.43 Å². The van der Waals surface area contributed by atoms with Gasteiger partial charge < -0.3 is 5.11 Å². The molecule has 0 spiro atoms. The lowest BCUT2D eigenvalue weighted by Gasteiger charge is -2.04. The van der Waals surface area contributed by atoms with Crippen molar-refractivity contribution in [2.45, 2.75) is 0 Å². The van der Waals surface area contributed by atoms with Crippen LogP contribution in [0.4, 0.5) is 17.1 Å². The third-order valence-corrected chi connectivity index (χ3v) is 4.28. The Morgan fingerprint density at radius 1 is 1.12 bits per heavy atom. The number of aromatic hydroxyl groups is 1. The summed E-state index contributed by atoms with van der Waals surface area (Å²) >= 11 is 4.06. The van der Waals surface area contributed by atoms with Crippen LogP contribution in [-0.4, -0.2) is 21.2 Å². The minimum atomic E-state index is -0.739. The molecule has 0 aliphatic carbocycles. The number of rotatable bonds is 5. The molecule has 0 unspecified atom stereocenters. The number of phenolic OH excluding ortho intramolecular Hbond substituents is 1. The standard InChI is InChI=1S/C13H8I2N4O5/c14-8-3-7(13(20)10(15)4-8)6-16-17-11-2-1-9(18(21)22)5-12(11)19(23)24/h1-6,17,20H/b16-6-. The highest BCUT2D eigenvalue weighted by molar-refractivity contribution is 14.1. The van der Waals surface area contributed by atoms with Gasteiger partial charge in [0, 0.05) is 15.2 Å². The number of nitrogens with one attached hydrogen (secondary N) is 1. The number of halogens is 2. The van der Waals surface area contributed by atoms with Gasteiger partial charge in [-0.25, -0.2) is 0 Å². The molecule has 0 bridgehead atoms. The maximum absolute atomic E-state index is 11.0. The number of phenols is 1. The molecule has 2 rings (SSSR count). The molecule has 124 valence electrons. The molecule has 0 aliphatic rings. The van der Waals surface area contributed by atoms with E-state index in [1.807, 2.05) is 22.6 Å². The Kier molecular flexibility index (Phi) is 5.87. The lowest BCUT2D eigenvalue weighted by molar-refractivity contribution is -0.393. The Morgan fingerprint density at radius 2 is 1.83 bits per heavy atom. The molecule has 2 aromatic carbocycles. The first-order chi connectivity index (χ1) is 11.3. The molecule has 0 amide bonds. The molecule has 0 radical (unpaired) electrons. The summed E-state index contributed by atoms with van der Waals surface area (Å²) in [4.78, 5) is 20.3. The van der Waals surface area contributed by atoms with E-state index in [0.29, 0.717) is 9.13 Å². The lowest BCUT2D eigenvalue weighted by Crippen LogP contribution is -1.99. The highest BCUT2D eigenvalue weighted by atomic mass is 127. The van der Waals surface area contributed by atoms with Gasteiger partial charge in [-0.3, -0.25) is 25.7 Å². The van der Waals surface area contributed by atoms with E-state index in [1.165, 1.54) is 12.3 Å². The predicted octanol–water partition coefficient (Wildman–Crippen LogP) is 3.86. The Bertz CT molecular complexity index is 856. The summed E-state index contributed by atoms with van der Waals surface area (Å²) in [5.74, 6) is 0.0414. The number of nitrogens with zero attached hydrogens (tertiary/aromatic N) is 3. The number of non-ortho nitro benzene ring substituents is 1. The molecular weight excluding hydrogens is 546 g/mol. The fraction of sp³-hybridized carbons (Fsp3) is 0. The van der Waals surface area contributed by atoms with E-state index in [1.54, 1.807) is 12.1 Å². The molecule has 0 aromatic heterocycles. The number of anilines is 1. The van der Waals surface area contributed by atoms with Crippen LogP contribution in [0, 0.1) is 27.4 Å². The van der Waals surface area contributed by atoms with Gasteiger partial charge in [0.2, 0.25) is 0 Å². The second-order valence-corrected chi connectivity index (χ2v) is 6.82. The molecule has 0 saturated heterocycles. The van der Waals surface area contributed by atoms with Crippen molar-refractivity contribution < 1.29 is 15.0 Å². The van der Waals surface area contributed by atoms with Crippen molar-refractivity contribution in [3.05, 3.63) is 63.3 Å². The van der Waals surface area contributed by atoms with Gasteiger partial charge in [-0.05, 0) is 63.4 Å². The third-order valence-electron chi connectivity index (χ3n) is 2.84. The van der Waals surface area contributed by atoms with Crippen molar-refractivity contribution in [1.82, 2.24) is 0 Å². The van der Waals surface area contributed by atoms with Crippen LogP contribution in [0.1, 0.15) is 5.56 Å². The normalized spacial score (nSPS) is 10.8. The zero-order valence-corrected chi connectivity index (χ0v) is 16.0. The molecule has 11 heteroatoms. The largest absolute Gasteiger partial charge is 0.506 e. The molecule has 0 heterocycles. The van der Waals surface area contributed by atoms with Crippen LogP contribution in [0.15, 0.2) is 35.4 Å². The van der Waals surface area contributed by atoms with Gasteiger partial charge in [0.15, 0.2) is 0 Å². The topological polar surface area (TPSA) is 131 Å². The van der Waals surface area contributed by atoms with Crippen LogP contribution in [-0.2, 0) is 0 Å². The van der Waals surface area contributed by atoms with Crippen molar-refractivity contribution in [2.24, 2.45) is 5.10 Å². The summed E-state index contributed by atoms with van der Waals surface area (Å²) in [5, 5.41) is 35.5. The second kappa shape index (κ2) is 7.69. The Morgan fingerprint density at radius 3 is 2.46 bits per heavy atom. The van der Waals surface area contributed by atoms with Gasteiger partial charge in [0.05, 0.1) is 25.7 Å². The second-order valence-electron chi connectivity index (χ2n) is 4.41. The highest BCUT2D eigenvalue weighted by Crippen LogP contribution is 2.29. The number of hydrogen-bond donors (Lipinski definition) is 2. The zero-order valence-electron chi connectivity index (χ0n) is 11.6. The first-order valence-corrected chi connectivity index (χ1v) is 8.35. The quantitative estimate of drug-likeness (QED) is 0.250.